The van der Waals surface area contributed by atoms with Crippen molar-refractivity contribution < 1.29 is 12.8 Å². The van der Waals surface area contributed by atoms with Gasteiger partial charge in [0.25, 0.3) is 0 Å². The molecule has 0 aliphatic carbocycles. The maximum Gasteiger partial charge on any atom is 0.245 e. The summed E-state index contributed by atoms with van der Waals surface area (Å²) in [6.07, 6.45) is 0.762. The SMILES string of the molecule is CN1CCCN(S(=O)(=O)c2cc(Br)c(F)cc2N)CC1. The molecule has 20 heavy (non-hydrogen) atoms. The molecule has 2 N–H and O–H groups in total. The molecule has 1 fully saturated rings. The Hall–Kier alpha value is -0.700. The number of nitrogens with zero attached hydrogens (tertiary/aromatic N) is 2. The van der Waals surface area contributed by atoms with Crippen LogP contribution in [0, 0.1) is 5.82 Å². The summed E-state index contributed by atoms with van der Waals surface area (Å²) in [6, 6.07) is 2.26. The van der Waals surface area contributed by atoms with Crippen LogP contribution < -0.4 is 5.73 Å². The van der Waals surface area contributed by atoms with Crippen molar-refractivity contribution in [2.45, 2.75) is 11.3 Å². The number of hydrogen-bond donors (Lipinski definition) is 1. The van der Waals surface area contributed by atoms with Gasteiger partial charge in [0.05, 0.1) is 10.2 Å². The molecule has 0 radical (unpaired) electrons. The topological polar surface area (TPSA) is 66.6 Å². The summed E-state index contributed by atoms with van der Waals surface area (Å²) in [7, 11) is -1.74. The summed E-state index contributed by atoms with van der Waals surface area (Å²) < 4.78 is 40.1. The Morgan fingerprint density at radius 2 is 1.95 bits per heavy atom. The fourth-order valence-electron chi connectivity index (χ4n) is 2.17. The van der Waals surface area contributed by atoms with E-state index in [1.165, 1.54) is 10.4 Å². The maximum absolute atomic E-state index is 13.4. The largest absolute Gasteiger partial charge is 0.398 e. The van der Waals surface area contributed by atoms with Gasteiger partial charge in [-0.1, -0.05) is 0 Å². The van der Waals surface area contributed by atoms with Crippen molar-refractivity contribution in [2.75, 3.05) is 39.0 Å². The van der Waals surface area contributed by atoms with Crippen LogP contribution in [0.5, 0.6) is 0 Å². The predicted molar refractivity (Wildman–Crippen MR) is 79.4 cm³/mol. The van der Waals surface area contributed by atoms with E-state index in [-0.39, 0.29) is 15.1 Å². The zero-order valence-electron chi connectivity index (χ0n) is 11.1. The monoisotopic (exact) mass is 365 g/mol. The fourth-order valence-corrected chi connectivity index (χ4v) is 4.26. The van der Waals surface area contributed by atoms with E-state index in [1.54, 1.807) is 0 Å². The second-order valence-electron chi connectivity index (χ2n) is 4.87. The quantitative estimate of drug-likeness (QED) is 0.806. The van der Waals surface area contributed by atoms with E-state index in [9.17, 15) is 12.8 Å². The Morgan fingerprint density at radius 1 is 1.25 bits per heavy atom. The molecule has 1 aliphatic rings. The molecule has 112 valence electrons. The number of nitrogen functional groups attached to an aromatic ring is 1. The number of rotatable bonds is 2. The number of nitrogens with two attached hydrogens (primary N) is 1. The average molecular weight is 366 g/mol. The van der Waals surface area contributed by atoms with Crippen LogP contribution >= 0.6 is 15.9 Å². The van der Waals surface area contributed by atoms with Crippen LogP contribution in [0.2, 0.25) is 0 Å². The van der Waals surface area contributed by atoms with E-state index in [0.717, 1.165) is 19.0 Å². The van der Waals surface area contributed by atoms with Crippen molar-refractivity contribution in [2.24, 2.45) is 0 Å². The Balaban J connectivity index is 2.37. The highest BCUT2D eigenvalue weighted by Gasteiger charge is 2.28. The van der Waals surface area contributed by atoms with Crippen molar-refractivity contribution >= 4 is 31.6 Å². The van der Waals surface area contributed by atoms with Gasteiger partial charge in [-0.05, 0) is 48.1 Å². The van der Waals surface area contributed by atoms with Crippen molar-refractivity contribution in [3.63, 3.8) is 0 Å². The average Bonchev–Trinajstić information content (AvgIpc) is 2.59. The predicted octanol–water partition coefficient (Wildman–Crippen LogP) is 1.50. The molecule has 0 unspecified atom stereocenters. The van der Waals surface area contributed by atoms with Gasteiger partial charge in [-0.3, -0.25) is 0 Å². The molecule has 1 saturated heterocycles. The third kappa shape index (κ3) is 3.13. The molecule has 2 rings (SSSR count). The van der Waals surface area contributed by atoms with Gasteiger partial charge < -0.3 is 10.6 Å². The zero-order chi connectivity index (χ0) is 14.9. The molecule has 0 bridgehead atoms. The molecule has 0 saturated carbocycles. The lowest BCUT2D eigenvalue weighted by molar-refractivity contribution is 0.347. The smallest absolute Gasteiger partial charge is 0.245 e. The molecule has 1 heterocycles. The summed E-state index contributed by atoms with van der Waals surface area (Å²) in [4.78, 5) is 2.04. The number of hydrogen-bond acceptors (Lipinski definition) is 4. The van der Waals surface area contributed by atoms with Gasteiger partial charge in [0.2, 0.25) is 10.0 Å². The van der Waals surface area contributed by atoms with Gasteiger partial charge in [-0.15, -0.1) is 0 Å². The van der Waals surface area contributed by atoms with Crippen LogP contribution in [0.15, 0.2) is 21.5 Å². The summed E-state index contributed by atoms with van der Waals surface area (Å²) in [5.74, 6) is -0.572. The maximum atomic E-state index is 13.4. The van der Waals surface area contributed by atoms with E-state index in [2.05, 4.69) is 20.8 Å². The van der Waals surface area contributed by atoms with E-state index >= 15 is 0 Å². The van der Waals surface area contributed by atoms with Crippen LogP contribution in [-0.2, 0) is 10.0 Å². The van der Waals surface area contributed by atoms with Crippen LogP contribution in [-0.4, -0.2) is 50.8 Å². The number of anilines is 1. The lowest BCUT2D eigenvalue weighted by atomic mass is 10.3. The molecule has 1 aliphatic heterocycles. The molecule has 5 nitrogen and oxygen atoms in total. The fraction of sp³-hybridized carbons (Fsp3) is 0.500. The highest BCUT2D eigenvalue weighted by Crippen LogP contribution is 2.28. The molecule has 1 aromatic rings. The lowest BCUT2D eigenvalue weighted by Crippen LogP contribution is -2.35. The Morgan fingerprint density at radius 3 is 2.65 bits per heavy atom. The van der Waals surface area contributed by atoms with Gasteiger partial charge in [0.15, 0.2) is 0 Å². The third-order valence-electron chi connectivity index (χ3n) is 3.35. The summed E-state index contributed by atoms with van der Waals surface area (Å²) in [5, 5.41) is 0. The lowest BCUT2D eigenvalue weighted by Gasteiger charge is -2.21. The summed E-state index contributed by atoms with van der Waals surface area (Å²) in [5.41, 5.74) is 5.61. The van der Waals surface area contributed by atoms with E-state index in [0.29, 0.717) is 19.6 Å². The number of sulfonamides is 1. The molecule has 0 amide bonds. The highest BCUT2D eigenvalue weighted by atomic mass is 79.9. The molecule has 1 aromatic carbocycles. The zero-order valence-corrected chi connectivity index (χ0v) is 13.5. The van der Waals surface area contributed by atoms with Crippen molar-refractivity contribution in [1.82, 2.24) is 9.21 Å². The van der Waals surface area contributed by atoms with Crippen LogP contribution in [0.4, 0.5) is 10.1 Å². The van der Waals surface area contributed by atoms with Crippen molar-refractivity contribution in [3.05, 3.63) is 22.4 Å². The Kier molecular flexibility index (Phi) is 4.68. The second kappa shape index (κ2) is 5.97. The molecule has 0 aromatic heterocycles. The standard InChI is InChI=1S/C12H17BrFN3O2S/c1-16-3-2-4-17(6-5-16)20(18,19)12-7-9(13)10(14)8-11(12)15/h7-8H,2-6,15H2,1H3. The van der Waals surface area contributed by atoms with E-state index < -0.39 is 15.8 Å². The minimum Gasteiger partial charge on any atom is -0.398 e. The van der Waals surface area contributed by atoms with Crippen LogP contribution in [0.1, 0.15) is 6.42 Å². The van der Waals surface area contributed by atoms with E-state index in [1.807, 2.05) is 7.05 Å². The first-order valence-electron chi connectivity index (χ1n) is 6.25. The van der Waals surface area contributed by atoms with Gasteiger partial charge in [-0.2, -0.15) is 4.31 Å². The van der Waals surface area contributed by atoms with Crippen molar-refractivity contribution in [3.8, 4) is 0 Å². The molecule has 0 atom stereocenters. The van der Waals surface area contributed by atoms with Gasteiger partial charge in [0.1, 0.15) is 10.7 Å². The second-order valence-corrected chi connectivity index (χ2v) is 7.63. The Labute approximate surface area is 126 Å². The normalized spacial score (nSPS) is 18.9. The molecule has 0 spiro atoms. The van der Waals surface area contributed by atoms with Crippen LogP contribution in [0.25, 0.3) is 0 Å². The van der Waals surface area contributed by atoms with Gasteiger partial charge in [0, 0.05) is 19.6 Å². The van der Waals surface area contributed by atoms with Gasteiger partial charge in [-0.25, -0.2) is 12.8 Å². The van der Waals surface area contributed by atoms with Crippen molar-refractivity contribution in [1.29, 1.82) is 0 Å². The molecule has 8 heteroatoms. The van der Waals surface area contributed by atoms with Gasteiger partial charge >= 0.3 is 0 Å². The number of likely N-dealkylation sites (N-methyl/N-ethyl adjacent to an activating group) is 1. The number of halogens is 2. The molecular weight excluding hydrogens is 349 g/mol. The minimum absolute atomic E-state index is 0.0460. The van der Waals surface area contributed by atoms with Crippen LogP contribution in [0.3, 0.4) is 0 Å². The summed E-state index contributed by atoms with van der Waals surface area (Å²) in [6.45, 7) is 2.38. The summed E-state index contributed by atoms with van der Waals surface area (Å²) >= 11 is 3.00. The minimum atomic E-state index is -3.69. The number of benzene rings is 1. The first-order chi connectivity index (χ1) is 9.32. The first kappa shape index (κ1) is 15.7. The third-order valence-corrected chi connectivity index (χ3v) is 5.91. The first-order valence-corrected chi connectivity index (χ1v) is 8.49. The highest BCUT2D eigenvalue weighted by molar-refractivity contribution is 9.10. The molecular formula is C12H17BrFN3O2S. The van der Waals surface area contributed by atoms with E-state index in [4.69, 9.17) is 5.73 Å². The Bertz CT molecular complexity index is 609.